The quantitative estimate of drug-likeness (QED) is 0.800. The van der Waals surface area contributed by atoms with Gasteiger partial charge in [-0.2, -0.15) is 22.7 Å². The van der Waals surface area contributed by atoms with Crippen LogP contribution in [0.4, 0.5) is 0 Å². The van der Waals surface area contributed by atoms with E-state index in [-0.39, 0.29) is 18.0 Å². The second kappa shape index (κ2) is 5.78. The smallest absolute Gasteiger partial charge is 0.255 e. The molecule has 1 amide bonds. The van der Waals surface area contributed by atoms with E-state index in [1.54, 1.807) is 22.7 Å². The van der Waals surface area contributed by atoms with Crippen LogP contribution in [0.25, 0.3) is 11.1 Å². The number of amides is 1. The summed E-state index contributed by atoms with van der Waals surface area (Å²) in [6.07, 6.45) is 0.922. The van der Waals surface area contributed by atoms with E-state index in [0.717, 1.165) is 17.6 Å². The van der Waals surface area contributed by atoms with Crippen molar-refractivity contribution < 1.29 is 4.79 Å². The first-order chi connectivity index (χ1) is 10.1. The molecule has 0 radical (unpaired) electrons. The number of thiophene rings is 2. The average Bonchev–Trinajstić information content (AvgIpc) is 3.11. The fraction of sp³-hybridized carbons (Fsp3) is 0.353. The summed E-state index contributed by atoms with van der Waals surface area (Å²) in [5.41, 5.74) is 4.35. The minimum Gasteiger partial charge on any atom is -0.333 e. The van der Waals surface area contributed by atoms with E-state index < -0.39 is 0 Å². The van der Waals surface area contributed by atoms with Crippen molar-refractivity contribution in [3.63, 3.8) is 0 Å². The lowest BCUT2D eigenvalue weighted by atomic mass is 9.87. The molecule has 0 saturated heterocycles. The van der Waals surface area contributed by atoms with Gasteiger partial charge < -0.3 is 4.90 Å². The Bertz CT molecular complexity index is 653. The third-order valence-electron chi connectivity index (χ3n) is 3.96. The van der Waals surface area contributed by atoms with E-state index in [1.165, 1.54) is 11.1 Å². The highest BCUT2D eigenvalue weighted by molar-refractivity contribution is 7.08. The lowest BCUT2D eigenvalue weighted by molar-refractivity contribution is -0.129. The monoisotopic (exact) mass is 317 g/mol. The molecule has 0 unspecified atom stereocenters. The Kier molecular flexibility index (Phi) is 4.00. The molecule has 0 aliphatic carbocycles. The van der Waals surface area contributed by atoms with E-state index in [1.807, 2.05) is 10.3 Å². The number of hydrogen-bond donors (Lipinski definition) is 0. The van der Waals surface area contributed by atoms with Crippen LogP contribution in [-0.4, -0.2) is 22.9 Å². The van der Waals surface area contributed by atoms with Crippen molar-refractivity contribution in [2.75, 3.05) is 0 Å². The minimum atomic E-state index is 0.170. The van der Waals surface area contributed by atoms with Gasteiger partial charge in [-0.25, -0.2) is 0 Å². The van der Waals surface area contributed by atoms with Gasteiger partial charge in [-0.05, 0) is 77.5 Å². The predicted octanol–water partition coefficient (Wildman–Crippen LogP) is 4.75. The first-order valence-corrected chi connectivity index (χ1v) is 9.09. The van der Waals surface area contributed by atoms with Crippen LogP contribution in [0.1, 0.15) is 38.3 Å². The number of carbonyl (C=O) groups is 1. The molecule has 3 heterocycles. The predicted molar refractivity (Wildman–Crippen MR) is 91.5 cm³/mol. The minimum absolute atomic E-state index is 0.170. The first kappa shape index (κ1) is 14.5. The Morgan fingerprint density at radius 2 is 1.76 bits per heavy atom. The first-order valence-electron chi connectivity index (χ1n) is 7.20. The van der Waals surface area contributed by atoms with Crippen molar-refractivity contribution in [3.05, 3.63) is 44.8 Å². The van der Waals surface area contributed by atoms with Crippen molar-refractivity contribution in [1.82, 2.24) is 4.90 Å². The van der Waals surface area contributed by atoms with Gasteiger partial charge in [-0.1, -0.05) is 0 Å². The maximum atomic E-state index is 13.1. The van der Waals surface area contributed by atoms with Gasteiger partial charge in [0.2, 0.25) is 0 Å². The maximum absolute atomic E-state index is 13.1. The molecule has 1 aliphatic rings. The van der Waals surface area contributed by atoms with E-state index in [0.29, 0.717) is 0 Å². The molecule has 4 heteroatoms. The summed E-state index contributed by atoms with van der Waals surface area (Å²) >= 11 is 3.33. The summed E-state index contributed by atoms with van der Waals surface area (Å²) in [5, 5.41) is 8.34. The second-order valence-corrected chi connectivity index (χ2v) is 7.30. The van der Waals surface area contributed by atoms with E-state index >= 15 is 0 Å². The van der Waals surface area contributed by atoms with Gasteiger partial charge in [0.25, 0.3) is 5.91 Å². The molecule has 110 valence electrons. The van der Waals surface area contributed by atoms with Crippen LogP contribution in [-0.2, 0) is 4.79 Å². The fourth-order valence-corrected chi connectivity index (χ4v) is 4.42. The fourth-order valence-electron chi connectivity index (χ4n) is 3.10. The molecule has 2 nitrogen and oxygen atoms in total. The summed E-state index contributed by atoms with van der Waals surface area (Å²) in [5.74, 6) is 0.170. The largest absolute Gasteiger partial charge is 0.333 e. The molecule has 0 bridgehead atoms. The van der Waals surface area contributed by atoms with Crippen LogP contribution in [0.15, 0.2) is 33.7 Å². The highest BCUT2D eigenvalue weighted by atomic mass is 32.1. The Morgan fingerprint density at radius 1 is 1.14 bits per heavy atom. The molecular weight excluding hydrogens is 298 g/mol. The van der Waals surface area contributed by atoms with Gasteiger partial charge in [0.15, 0.2) is 0 Å². The van der Waals surface area contributed by atoms with Crippen LogP contribution in [0.2, 0.25) is 0 Å². The van der Waals surface area contributed by atoms with Crippen molar-refractivity contribution in [2.24, 2.45) is 0 Å². The molecular formula is C17H19NOS2. The summed E-state index contributed by atoms with van der Waals surface area (Å²) in [6, 6.07) is 4.65. The molecule has 2 aromatic heterocycles. The highest BCUT2D eigenvalue weighted by Gasteiger charge is 2.34. The molecule has 3 rings (SSSR count). The Balaban J connectivity index is 2.17. The van der Waals surface area contributed by atoms with E-state index in [2.05, 4.69) is 49.0 Å². The Morgan fingerprint density at radius 3 is 2.29 bits per heavy atom. The third-order valence-corrected chi connectivity index (χ3v) is 5.33. The topological polar surface area (TPSA) is 20.3 Å². The zero-order valence-electron chi connectivity index (χ0n) is 12.5. The average molecular weight is 317 g/mol. The van der Waals surface area contributed by atoms with Crippen molar-refractivity contribution in [3.8, 4) is 0 Å². The molecule has 0 spiro atoms. The molecule has 0 N–H and O–H groups in total. The van der Waals surface area contributed by atoms with Gasteiger partial charge in [0.05, 0.1) is 5.57 Å². The van der Waals surface area contributed by atoms with E-state index in [9.17, 15) is 4.79 Å². The van der Waals surface area contributed by atoms with Crippen LogP contribution in [0.5, 0.6) is 0 Å². The Labute approximate surface area is 133 Å². The molecule has 0 saturated carbocycles. The van der Waals surface area contributed by atoms with Crippen LogP contribution in [0, 0.1) is 0 Å². The number of hydrogen-bond acceptors (Lipinski definition) is 3. The SMILES string of the molecule is CC(C)N1C(=O)C(c2ccsc2)=C(c2ccsc2)C[C@H]1C. The summed E-state index contributed by atoms with van der Waals surface area (Å²) in [7, 11) is 0. The van der Waals surface area contributed by atoms with Crippen LogP contribution < -0.4 is 0 Å². The van der Waals surface area contributed by atoms with Crippen molar-refractivity contribution >= 4 is 39.7 Å². The van der Waals surface area contributed by atoms with Crippen LogP contribution >= 0.6 is 22.7 Å². The molecule has 2 aromatic rings. The van der Waals surface area contributed by atoms with Gasteiger partial charge in [-0.3, -0.25) is 4.79 Å². The van der Waals surface area contributed by atoms with Crippen molar-refractivity contribution in [1.29, 1.82) is 0 Å². The lowest BCUT2D eigenvalue weighted by Crippen LogP contribution is -2.46. The molecule has 1 atom stereocenters. The van der Waals surface area contributed by atoms with E-state index in [4.69, 9.17) is 0 Å². The Hall–Kier alpha value is -1.39. The highest BCUT2D eigenvalue weighted by Crippen LogP contribution is 2.39. The number of rotatable bonds is 3. The van der Waals surface area contributed by atoms with Gasteiger partial charge in [-0.15, -0.1) is 0 Å². The zero-order chi connectivity index (χ0) is 15.0. The summed E-state index contributed by atoms with van der Waals surface area (Å²) in [6.45, 7) is 6.33. The molecule has 1 aliphatic heterocycles. The van der Waals surface area contributed by atoms with Gasteiger partial charge >= 0.3 is 0 Å². The molecule has 0 aromatic carbocycles. The number of nitrogens with zero attached hydrogens (tertiary/aromatic N) is 1. The van der Waals surface area contributed by atoms with Gasteiger partial charge in [0.1, 0.15) is 0 Å². The maximum Gasteiger partial charge on any atom is 0.255 e. The second-order valence-electron chi connectivity index (χ2n) is 5.74. The summed E-state index contributed by atoms with van der Waals surface area (Å²) < 4.78 is 0. The van der Waals surface area contributed by atoms with Crippen molar-refractivity contribution in [2.45, 2.75) is 39.3 Å². The standard InChI is InChI=1S/C17H19NOS2/c1-11(2)18-12(3)8-15(13-4-6-20-9-13)16(17(18)19)14-5-7-21-10-14/h4-7,9-12H,8H2,1-3H3/t12-/m1/s1. The number of carbonyl (C=O) groups excluding carboxylic acids is 1. The van der Waals surface area contributed by atoms with Crippen LogP contribution in [0.3, 0.4) is 0 Å². The summed E-state index contributed by atoms with van der Waals surface area (Å²) in [4.78, 5) is 15.1. The normalized spacial score (nSPS) is 19.7. The molecule has 0 fully saturated rings. The van der Waals surface area contributed by atoms with Gasteiger partial charge in [0, 0.05) is 12.1 Å². The third kappa shape index (κ3) is 2.58. The molecule has 21 heavy (non-hydrogen) atoms. The zero-order valence-corrected chi connectivity index (χ0v) is 14.1. The lowest BCUT2D eigenvalue weighted by Gasteiger charge is -2.38.